The van der Waals surface area contributed by atoms with E-state index in [1.807, 2.05) is 48.5 Å². The van der Waals surface area contributed by atoms with E-state index in [-0.39, 0.29) is 0 Å². The maximum absolute atomic E-state index is 5.96. The predicted molar refractivity (Wildman–Crippen MR) is 118 cm³/mol. The standard InChI is InChI=1S/C24H25ClN2O2/c1-28-23-6-3-5-21(17-23)27-14-12-26(13-15-27)18-19-4-2-7-24(16-19)29-22-10-8-20(25)9-11-22/h2-11,16-17H,12-15,18H2,1H3. The smallest absolute Gasteiger partial charge is 0.127 e. The molecular weight excluding hydrogens is 384 g/mol. The molecule has 0 bridgehead atoms. The van der Waals surface area contributed by atoms with Gasteiger partial charge in [-0.3, -0.25) is 4.90 Å². The molecule has 0 unspecified atom stereocenters. The van der Waals surface area contributed by atoms with Crippen molar-refractivity contribution in [2.45, 2.75) is 6.54 Å². The summed E-state index contributed by atoms with van der Waals surface area (Å²) >= 11 is 5.94. The number of halogens is 1. The van der Waals surface area contributed by atoms with Crippen LogP contribution in [0.1, 0.15) is 5.56 Å². The topological polar surface area (TPSA) is 24.9 Å². The van der Waals surface area contributed by atoms with E-state index in [0.29, 0.717) is 5.02 Å². The molecule has 1 heterocycles. The van der Waals surface area contributed by atoms with E-state index in [0.717, 1.165) is 50.0 Å². The lowest BCUT2D eigenvalue weighted by atomic mass is 10.1. The number of anilines is 1. The Morgan fingerprint density at radius 2 is 1.52 bits per heavy atom. The summed E-state index contributed by atoms with van der Waals surface area (Å²) in [7, 11) is 1.71. The molecule has 1 aliphatic rings. The molecule has 0 N–H and O–H groups in total. The van der Waals surface area contributed by atoms with Gasteiger partial charge in [0.05, 0.1) is 7.11 Å². The van der Waals surface area contributed by atoms with Gasteiger partial charge < -0.3 is 14.4 Å². The van der Waals surface area contributed by atoms with Crippen LogP contribution in [0.3, 0.4) is 0 Å². The van der Waals surface area contributed by atoms with Crippen molar-refractivity contribution in [2.24, 2.45) is 0 Å². The SMILES string of the molecule is COc1cccc(N2CCN(Cc3cccc(Oc4ccc(Cl)cc4)c3)CC2)c1. The molecule has 0 atom stereocenters. The molecule has 1 saturated heterocycles. The first-order valence-corrected chi connectivity index (χ1v) is 10.2. The van der Waals surface area contributed by atoms with Crippen molar-refractivity contribution in [1.82, 2.24) is 4.90 Å². The maximum Gasteiger partial charge on any atom is 0.127 e. The number of methoxy groups -OCH3 is 1. The Labute approximate surface area is 177 Å². The van der Waals surface area contributed by atoms with Crippen LogP contribution in [0.2, 0.25) is 5.02 Å². The summed E-state index contributed by atoms with van der Waals surface area (Å²) in [6.45, 7) is 4.99. The summed E-state index contributed by atoms with van der Waals surface area (Å²) in [4.78, 5) is 4.90. The third-order valence-corrected chi connectivity index (χ3v) is 5.40. The molecule has 29 heavy (non-hydrogen) atoms. The molecule has 3 aromatic carbocycles. The van der Waals surface area contributed by atoms with E-state index in [9.17, 15) is 0 Å². The fourth-order valence-electron chi connectivity index (χ4n) is 3.58. The van der Waals surface area contributed by atoms with Gasteiger partial charge in [-0.1, -0.05) is 29.8 Å². The largest absolute Gasteiger partial charge is 0.497 e. The minimum absolute atomic E-state index is 0.708. The minimum Gasteiger partial charge on any atom is -0.497 e. The van der Waals surface area contributed by atoms with Gasteiger partial charge in [-0.05, 0) is 54.1 Å². The highest BCUT2D eigenvalue weighted by Gasteiger charge is 2.18. The van der Waals surface area contributed by atoms with E-state index in [4.69, 9.17) is 21.1 Å². The molecule has 0 spiro atoms. The van der Waals surface area contributed by atoms with Crippen molar-refractivity contribution >= 4 is 17.3 Å². The molecule has 5 heteroatoms. The molecule has 3 aromatic rings. The van der Waals surface area contributed by atoms with E-state index in [1.165, 1.54) is 11.3 Å². The lowest BCUT2D eigenvalue weighted by Gasteiger charge is -2.36. The van der Waals surface area contributed by atoms with Crippen LogP contribution in [0.25, 0.3) is 0 Å². The van der Waals surface area contributed by atoms with E-state index in [2.05, 4.69) is 34.1 Å². The van der Waals surface area contributed by atoms with E-state index < -0.39 is 0 Å². The quantitative estimate of drug-likeness (QED) is 0.540. The zero-order valence-corrected chi connectivity index (χ0v) is 17.3. The third kappa shape index (κ3) is 5.22. The van der Waals surface area contributed by atoms with Gasteiger partial charge in [0.1, 0.15) is 17.2 Å². The summed E-state index contributed by atoms with van der Waals surface area (Å²) in [6, 6.07) is 24.0. The third-order valence-electron chi connectivity index (χ3n) is 5.14. The molecule has 1 aliphatic heterocycles. The maximum atomic E-state index is 5.96. The van der Waals surface area contributed by atoms with Crippen molar-refractivity contribution in [3.8, 4) is 17.2 Å². The van der Waals surface area contributed by atoms with Crippen LogP contribution < -0.4 is 14.4 Å². The molecule has 1 fully saturated rings. The van der Waals surface area contributed by atoms with Gasteiger partial charge >= 0.3 is 0 Å². The predicted octanol–water partition coefficient (Wildman–Crippen LogP) is 5.46. The van der Waals surface area contributed by atoms with Crippen LogP contribution in [0.5, 0.6) is 17.2 Å². The Bertz CT molecular complexity index is 938. The van der Waals surface area contributed by atoms with Gasteiger partial charge in [-0.2, -0.15) is 0 Å². The molecule has 0 amide bonds. The molecular formula is C24H25ClN2O2. The lowest BCUT2D eigenvalue weighted by molar-refractivity contribution is 0.249. The van der Waals surface area contributed by atoms with Crippen LogP contribution in [-0.4, -0.2) is 38.2 Å². The zero-order chi connectivity index (χ0) is 20.1. The van der Waals surface area contributed by atoms with Crippen LogP contribution in [0.15, 0.2) is 72.8 Å². The van der Waals surface area contributed by atoms with Crippen molar-refractivity contribution < 1.29 is 9.47 Å². The Balaban J connectivity index is 1.34. The summed E-state index contributed by atoms with van der Waals surface area (Å²) in [5.74, 6) is 2.54. The molecule has 0 radical (unpaired) electrons. The van der Waals surface area contributed by atoms with Gasteiger partial charge in [0.25, 0.3) is 0 Å². The second kappa shape index (κ2) is 9.21. The van der Waals surface area contributed by atoms with Crippen LogP contribution in [-0.2, 0) is 6.54 Å². The first-order valence-electron chi connectivity index (χ1n) is 9.83. The van der Waals surface area contributed by atoms with Crippen LogP contribution >= 0.6 is 11.6 Å². The van der Waals surface area contributed by atoms with Gasteiger partial charge in [-0.25, -0.2) is 0 Å². The number of ether oxygens (including phenoxy) is 2. The van der Waals surface area contributed by atoms with E-state index >= 15 is 0 Å². The first kappa shape index (κ1) is 19.6. The summed E-state index contributed by atoms with van der Waals surface area (Å²) in [5.41, 5.74) is 2.48. The number of rotatable bonds is 6. The fraction of sp³-hybridized carbons (Fsp3) is 0.250. The molecule has 150 valence electrons. The second-order valence-electron chi connectivity index (χ2n) is 7.17. The van der Waals surface area contributed by atoms with Crippen molar-refractivity contribution in [3.05, 3.63) is 83.4 Å². The highest BCUT2D eigenvalue weighted by Crippen LogP contribution is 2.25. The Kier molecular flexibility index (Phi) is 6.23. The normalized spacial score (nSPS) is 14.6. The number of nitrogens with zero attached hydrogens (tertiary/aromatic N) is 2. The van der Waals surface area contributed by atoms with Crippen molar-refractivity contribution in [1.29, 1.82) is 0 Å². The minimum atomic E-state index is 0.708. The average Bonchev–Trinajstić information content (AvgIpc) is 2.76. The van der Waals surface area contributed by atoms with Gasteiger partial charge in [0.2, 0.25) is 0 Å². The Hall–Kier alpha value is -2.69. The Morgan fingerprint density at radius 1 is 0.793 bits per heavy atom. The molecule has 0 aromatic heterocycles. The van der Waals surface area contributed by atoms with Crippen molar-refractivity contribution in [2.75, 3.05) is 38.2 Å². The number of hydrogen-bond donors (Lipinski definition) is 0. The Morgan fingerprint density at radius 3 is 2.28 bits per heavy atom. The number of hydrogen-bond acceptors (Lipinski definition) is 4. The van der Waals surface area contributed by atoms with E-state index in [1.54, 1.807) is 7.11 Å². The second-order valence-corrected chi connectivity index (χ2v) is 7.60. The van der Waals surface area contributed by atoms with Crippen LogP contribution in [0, 0.1) is 0 Å². The fourth-order valence-corrected chi connectivity index (χ4v) is 3.70. The lowest BCUT2D eigenvalue weighted by Crippen LogP contribution is -2.45. The number of benzene rings is 3. The first-order chi connectivity index (χ1) is 14.2. The monoisotopic (exact) mass is 408 g/mol. The van der Waals surface area contributed by atoms with Gasteiger partial charge in [0, 0.05) is 49.5 Å². The summed E-state index contributed by atoms with van der Waals surface area (Å²) < 4.78 is 11.3. The average molecular weight is 409 g/mol. The molecule has 4 nitrogen and oxygen atoms in total. The highest BCUT2D eigenvalue weighted by atomic mass is 35.5. The van der Waals surface area contributed by atoms with Gasteiger partial charge in [0.15, 0.2) is 0 Å². The zero-order valence-electron chi connectivity index (χ0n) is 16.6. The highest BCUT2D eigenvalue weighted by molar-refractivity contribution is 6.30. The number of piperazine rings is 1. The van der Waals surface area contributed by atoms with Crippen molar-refractivity contribution in [3.63, 3.8) is 0 Å². The summed E-state index contributed by atoms with van der Waals surface area (Å²) in [5, 5.41) is 0.708. The molecule has 0 aliphatic carbocycles. The molecule has 0 saturated carbocycles. The van der Waals surface area contributed by atoms with Gasteiger partial charge in [-0.15, -0.1) is 0 Å². The molecule has 4 rings (SSSR count). The van der Waals surface area contributed by atoms with Crippen LogP contribution in [0.4, 0.5) is 5.69 Å². The summed E-state index contributed by atoms with van der Waals surface area (Å²) in [6.07, 6.45) is 0.